The lowest BCUT2D eigenvalue weighted by Gasteiger charge is -2.37. The second-order valence-electron chi connectivity index (χ2n) is 8.93. The van der Waals surface area contributed by atoms with Crippen LogP contribution in [0.4, 0.5) is 4.79 Å². The number of ether oxygens (including phenoxy) is 2. The van der Waals surface area contributed by atoms with Crippen LogP contribution < -0.4 is 4.74 Å². The Bertz CT molecular complexity index is 1060. The van der Waals surface area contributed by atoms with E-state index in [-0.39, 0.29) is 24.3 Å². The topological polar surface area (TPSA) is 42.0 Å². The SMILES string of the molecule is CC1C(c2ccccc2)OC(=O)N1C1CCN(Cc2cccc(Oc3ccccc3)c2)CC1. The highest BCUT2D eigenvalue weighted by Gasteiger charge is 2.43. The maximum atomic E-state index is 12.7. The van der Waals surface area contributed by atoms with Gasteiger partial charge in [0.05, 0.1) is 6.04 Å². The standard InChI is InChI=1S/C28H30N2O3/c1-21-27(23-10-4-2-5-11-23)33-28(31)30(21)24-15-17-29(18-16-24)20-22-9-8-14-26(19-22)32-25-12-6-3-7-13-25/h2-14,19,21,24,27H,15-18,20H2,1H3. The van der Waals surface area contributed by atoms with E-state index in [4.69, 9.17) is 9.47 Å². The normalized spacial score (nSPS) is 21.7. The number of amides is 1. The Kier molecular flexibility index (Phi) is 6.31. The molecule has 2 heterocycles. The summed E-state index contributed by atoms with van der Waals surface area (Å²) < 4.78 is 11.8. The van der Waals surface area contributed by atoms with Gasteiger partial charge < -0.3 is 9.47 Å². The van der Waals surface area contributed by atoms with Crippen LogP contribution >= 0.6 is 0 Å². The highest BCUT2D eigenvalue weighted by molar-refractivity contribution is 5.71. The second-order valence-corrected chi connectivity index (χ2v) is 8.93. The van der Waals surface area contributed by atoms with Crippen molar-refractivity contribution >= 4 is 6.09 Å². The first-order chi connectivity index (χ1) is 16.2. The Morgan fingerprint density at radius 2 is 1.55 bits per heavy atom. The van der Waals surface area contributed by atoms with E-state index in [2.05, 4.69) is 24.0 Å². The van der Waals surface area contributed by atoms with E-state index in [9.17, 15) is 4.79 Å². The predicted molar refractivity (Wildman–Crippen MR) is 128 cm³/mol. The van der Waals surface area contributed by atoms with Crippen molar-refractivity contribution in [1.82, 2.24) is 9.80 Å². The molecule has 0 bridgehead atoms. The van der Waals surface area contributed by atoms with Crippen LogP contribution in [0, 0.1) is 0 Å². The number of benzene rings is 3. The number of likely N-dealkylation sites (tertiary alicyclic amines) is 1. The second kappa shape index (κ2) is 9.67. The van der Waals surface area contributed by atoms with Crippen LogP contribution in [0.15, 0.2) is 84.9 Å². The number of hydrogen-bond donors (Lipinski definition) is 0. The molecule has 3 aromatic carbocycles. The summed E-state index contributed by atoms with van der Waals surface area (Å²) in [4.78, 5) is 17.1. The first-order valence-electron chi connectivity index (χ1n) is 11.8. The van der Waals surface area contributed by atoms with Gasteiger partial charge in [-0.3, -0.25) is 9.80 Å². The molecule has 0 saturated carbocycles. The molecular formula is C28H30N2O3. The number of rotatable bonds is 6. The van der Waals surface area contributed by atoms with Crippen LogP contribution in [0.2, 0.25) is 0 Å². The molecule has 0 spiro atoms. The molecule has 2 aliphatic rings. The lowest BCUT2D eigenvalue weighted by Crippen LogP contribution is -2.47. The van der Waals surface area contributed by atoms with Gasteiger partial charge in [-0.2, -0.15) is 0 Å². The lowest BCUT2D eigenvalue weighted by molar-refractivity contribution is 0.106. The van der Waals surface area contributed by atoms with Crippen molar-refractivity contribution in [1.29, 1.82) is 0 Å². The molecule has 1 amide bonds. The van der Waals surface area contributed by atoms with Crippen LogP contribution in [0.3, 0.4) is 0 Å². The molecule has 33 heavy (non-hydrogen) atoms. The third-order valence-corrected chi connectivity index (χ3v) is 6.68. The highest BCUT2D eigenvalue weighted by atomic mass is 16.6. The molecule has 2 unspecified atom stereocenters. The van der Waals surface area contributed by atoms with Gasteiger partial charge in [0.15, 0.2) is 0 Å². The Morgan fingerprint density at radius 3 is 2.27 bits per heavy atom. The van der Waals surface area contributed by atoms with E-state index in [0.29, 0.717) is 0 Å². The summed E-state index contributed by atoms with van der Waals surface area (Å²) in [6.07, 6.45) is 1.55. The summed E-state index contributed by atoms with van der Waals surface area (Å²) in [6, 6.07) is 28.5. The largest absolute Gasteiger partial charge is 0.457 e. The molecule has 5 rings (SSSR count). The van der Waals surface area contributed by atoms with Crippen molar-refractivity contribution < 1.29 is 14.3 Å². The van der Waals surface area contributed by atoms with Crippen LogP contribution in [0.1, 0.15) is 37.0 Å². The highest BCUT2D eigenvalue weighted by Crippen LogP contribution is 2.36. The minimum absolute atomic E-state index is 0.0447. The maximum absolute atomic E-state index is 12.7. The Balaban J connectivity index is 1.17. The molecule has 2 aliphatic heterocycles. The van der Waals surface area contributed by atoms with Gasteiger partial charge in [-0.25, -0.2) is 4.79 Å². The molecular weight excluding hydrogens is 412 g/mol. The number of para-hydroxylation sites is 1. The van der Waals surface area contributed by atoms with Gasteiger partial charge in [0.25, 0.3) is 0 Å². The molecule has 5 nitrogen and oxygen atoms in total. The summed E-state index contributed by atoms with van der Waals surface area (Å²) in [6.45, 7) is 4.90. The first-order valence-corrected chi connectivity index (χ1v) is 11.8. The lowest BCUT2D eigenvalue weighted by atomic mass is 9.98. The number of hydrogen-bond acceptors (Lipinski definition) is 4. The Hall–Kier alpha value is -3.31. The van der Waals surface area contributed by atoms with Gasteiger partial charge in [0.1, 0.15) is 17.6 Å². The number of cyclic esters (lactones) is 1. The molecule has 0 aliphatic carbocycles. The number of piperidine rings is 1. The molecule has 2 atom stereocenters. The maximum Gasteiger partial charge on any atom is 0.411 e. The van der Waals surface area contributed by atoms with E-state index >= 15 is 0 Å². The summed E-state index contributed by atoms with van der Waals surface area (Å²) in [5.74, 6) is 1.70. The van der Waals surface area contributed by atoms with Crippen LogP contribution in [0.5, 0.6) is 11.5 Å². The first kappa shape index (κ1) is 21.5. The Morgan fingerprint density at radius 1 is 0.879 bits per heavy atom. The van der Waals surface area contributed by atoms with Crippen LogP contribution in [-0.2, 0) is 11.3 Å². The number of carbonyl (C=O) groups is 1. The summed E-state index contributed by atoms with van der Waals surface area (Å²) >= 11 is 0. The van der Waals surface area contributed by atoms with E-state index in [1.165, 1.54) is 5.56 Å². The van der Waals surface area contributed by atoms with Crippen molar-refractivity contribution in [2.45, 2.75) is 44.5 Å². The van der Waals surface area contributed by atoms with E-state index < -0.39 is 0 Å². The molecule has 3 aromatic rings. The van der Waals surface area contributed by atoms with Gasteiger partial charge >= 0.3 is 6.09 Å². The minimum atomic E-state index is -0.191. The van der Waals surface area contributed by atoms with Gasteiger partial charge in [-0.1, -0.05) is 60.7 Å². The van der Waals surface area contributed by atoms with Crippen molar-refractivity contribution in [3.05, 3.63) is 96.1 Å². The zero-order valence-corrected chi connectivity index (χ0v) is 19.0. The quantitative estimate of drug-likeness (QED) is 0.468. The zero-order chi connectivity index (χ0) is 22.6. The fraction of sp³-hybridized carbons (Fsp3) is 0.321. The molecule has 170 valence electrons. The van der Waals surface area contributed by atoms with E-state index in [0.717, 1.165) is 49.5 Å². The molecule has 5 heteroatoms. The third-order valence-electron chi connectivity index (χ3n) is 6.68. The van der Waals surface area contributed by atoms with Crippen LogP contribution in [-0.4, -0.2) is 41.1 Å². The summed E-state index contributed by atoms with van der Waals surface area (Å²) in [5, 5.41) is 0. The van der Waals surface area contributed by atoms with E-state index in [1.807, 2.05) is 77.7 Å². The van der Waals surface area contributed by atoms with Gasteiger partial charge in [-0.15, -0.1) is 0 Å². The predicted octanol–water partition coefficient (Wildman–Crippen LogP) is 6.03. The summed E-state index contributed by atoms with van der Waals surface area (Å²) in [7, 11) is 0. The number of carbonyl (C=O) groups excluding carboxylic acids is 1. The molecule has 0 radical (unpaired) electrons. The average Bonchev–Trinajstić information content (AvgIpc) is 3.15. The fourth-order valence-corrected chi connectivity index (χ4v) is 5.00. The zero-order valence-electron chi connectivity index (χ0n) is 19.0. The molecule has 0 N–H and O–H groups in total. The van der Waals surface area contributed by atoms with Gasteiger partial charge in [0, 0.05) is 25.7 Å². The third kappa shape index (κ3) is 4.88. The monoisotopic (exact) mass is 442 g/mol. The number of nitrogens with zero attached hydrogens (tertiary/aromatic N) is 2. The van der Waals surface area contributed by atoms with Crippen molar-refractivity contribution in [3.63, 3.8) is 0 Å². The van der Waals surface area contributed by atoms with E-state index in [1.54, 1.807) is 0 Å². The summed E-state index contributed by atoms with van der Waals surface area (Å²) in [5.41, 5.74) is 2.30. The average molecular weight is 443 g/mol. The Labute approximate surface area is 195 Å². The van der Waals surface area contributed by atoms with Crippen molar-refractivity contribution in [2.24, 2.45) is 0 Å². The van der Waals surface area contributed by atoms with Gasteiger partial charge in [-0.05, 0) is 55.2 Å². The molecule has 2 fully saturated rings. The van der Waals surface area contributed by atoms with Crippen molar-refractivity contribution in [3.8, 4) is 11.5 Å². The van der Waals surface area contributed by atoms with Crippen molar-refractivity contribution in [2.75, 3.05) is 13.1 Å². The molecule has 0 aromatic heterocycles. The molecule has 2 saturated heterocycles. The fourth-order valence-electron chi connectivity index (χ4n) is 5.00. The van der Waals surface area contributed by atoms with Crippen LogP contribution in [0.25, 0.3) is 0 Å². The minimum Gasteiger partial charge on any atom is -0.457 e. The smallest absolute Gasteiger partial charge is 0.411 e. The van der Waals surface area contributed by atoms with Gasteiger partial charge in [0.2, 0.25) is 0 Å².